The highest BCUT2D eigenvalue weighted by molar-refractivity contribution is 5.85. The van der Waals surface area contributed by atoms with E-state index in [0.717, 1.165) is 17.7 Å². The number of amides is 1. The fourth-order valence-corrected chi connectivity index (χ4v) is 2.41. The summed E-state index contributed by atoms with van der Waals surface area (Å²) in [5, 5.41) is 11.6. The summed E-state index contributed by atoms with van der Waals surface area (Å²) < 4.78 is 38.1. The van der Waals surface area contributed by atoms with Crippen molar-refractivity contribution >= 4 is 18.0 Å². The SMILES string of the molecule is O=C(Cc1cccc(C(F)(F)F)c1)N[C@@H](C/C=C/c1ccccc1)C(=O)O. The second-order valence-corrected chi connectivity index (χ2v) is 5.88. The standard InChI is InChI=1S/C20H18F3NO3/c21-20(22,23)16-10-4-9-15(12-16)13-18(25)24-17(19(26)27)11-5-8-14-6-2-1-3-7-14/h1-10,12,17H,11,13H2,(H,24,25)(H,26,27)/b8-5+/t17-/m0/s1. The van der Waals surface area contributed by atoms with Gasteiger partial charge in [0.25, 0.3) is 0 Å². The molecule has 0 bridgehead atoms. The fraction of sp³-hybridized carbons (Fsp3) is 0.200. The lowest BCUT2D eigenvalue weighted by molar-refractivity contribution is -0.141. The van der Waals surface area contributed by atoms with E-state index in [4.69, 9.17) is 0 Å². The Morgan fingerprint density at radius 2 is 1.78 bits per heavy atom. The van der Waals surface area contributed by atoms with Gasteiger partial charge >= 0.3 is 12.1 Å². The Kier molecular flexibility index (Phi) is 6.76. The number of carbonyl (C=O) groups excluding carboxylic acids is 1. The maximum absolute atomic E-state index is 12.7. The van der Waals surface area contributed by atoms with Crippen LogP contribution in [-0.4, -0.2) is 23.0 Å². The van der Waals surface area contributed by atoms with Crippen LogP contribution in [0.15, 0.2) is 60.7 Å². The van der Waals surface area contributed by atoms with Gasteiger partial charge in [-0.15, -0.1) is 0 Å². The van der Waals surface area contributed by atoms with E-state index < -0.39 is 29.7 Å². The summed E-state index contributed by atoms with van der Waals surface area (Å²) in [4.78, 5) is 23.4. The molecule has 1 amide bonds. The number of carboxylic acid groups (broad SMARTS) is 1. The summed E-state index contributed by atoms with van der Waals surface area (Å²) in [5.74, 6) is -1.88. The van der Waals surface area contributed by atoms with Gasteiger partial charge in [-0.25, -0.2) is 4.79 Å². The van der Waals surface area contributed by atoms with Crippen molar-refractivity contribution in [2.24, 2.45) is 0 Å². The first-order chi connectivity index (χ1) is 12.8. The smallest absolute Gasteiger partial charge is 0.416 e. The molecule has 0 fully saturated rings. The van der Waals surface area contributed by atoms with Crippen molar-refractivity contribution in [1.29, 1.82) is 0 Å². The van der Waals surface area contributed by atoms with Gasteiger partial charge in [-0.2, -0.15) is 13.2 Å². The second kappa shape index (κ2) is 9.02. The largest absolute Gasteiger partial charge is 0.480 e. The second-order valence-electron chi connectivity index (χ2n) is 5.88. The lowest BCUT2D eigenvalue weighted by Crippen LogP contribution is -2.41. The first-order valence-corrected chi connectivity index (χ1v) is 8.15. The van der Waals surface area contributed by atoms with E-state index >= 15 is 0 Å². The van der Waals surface area contributed by atoms with Crippen LogP contribution in [0.4, 0.5) is 13.2 Å². The van der Waals surface area contributed by atoms with E-state index in [9.17, 15) is 27.9 Å². The number of carboxylic acids is 1. The third-order valence-corrected chi connectivity index (χ3v) is 3.73. The molecule has 0 aliphatic carbocycles. The zero-order valence-corrected chi connectivity index (χ0v) is 14.2. The van der Waals surface area contributed by atoms with E-state index in [2.05, 4.69) is 5.32 Å². The molecule has 0 aliphatic rings. The Hall–Kier alpha value is -3.09. The number of alkyl halides is 3. The number of aliphatic carboxylic acids is 1. The molecule has 0 aliphatic heterocycles. The van der Waals surface area contributed by atoms with Gasteiger partial charge < -0.3 is 10.4 Å². The van der Waals surface area contributed by atoms with Crippen LogP contribution in [0.25, 0.3) is 6.08 Å². The highest BCUT2D eigenvalue weighted by atomic mass is 19.4. The van der Waals surface area contributed by atoms with Gasteiger partial charge in [-0.05, 0) is 23.6 Å². The van der Waals surface area contributed by atoms with Crippen LogP contribution in [0.3, 0.4) is 0 Å². The third-order valence-electron chi connectivity index (χ3n) is 3.73. The van der Waals surface area contributed by atoms with E-state index in [-0.39, 0.29) is 18.4 Å². The van der Waals surface area contributed by atoms with Crippen molar-refractivity contribution in [3.8, 4) is 0 Å². The molecule has 2 rings (SSSR count). The minimum atomic E-state index is -4.50. The molecule has 0 saturated carbocycles. The molecule has 0 spiro atoms. The Bertz CT molecular complexity index is 817. The first kappa shape index (κ1) is 20.2. The molecule has 7 heteroatoms. The lowest BCUT2D eigenvalue weighted by Gasteiger charge is -2.13. The zero-order chi connectivity index (χ0) is 19.9. The van der Waals surface area contributed by atoms with Crippen LogP contribution < -0.4 is 5.32 Å². The van der Waals surface area contributed by atoms with Crippen molar-refractivity contribution in [2.45, 2.75) is 25.1 Å². The van der Waals surface area contributed by atoms with Gasteiger partial charge in [0.15, 0.2) is 0 Å². The molecule has 2 aromatic rings. The summed E-state index contributed by atoms with van der Waals surface area (Å²) >= 11 is 0. The van der Waals surface area contributed by atoms with E-state index in [1.165, 1.54) is 12.1 Å². The quantitative estimate of drug-likeness (QED) is 0.769. The molecule has 0 aromatic heterocycles. The summed E-state index contributed by atoms with van der Waals surface area (Å²) in [6.07, 6.45) is -1.43. The maximum atomic E-state index is 12.7. The number of benzene rings is 2. The van der Waals surface area contributed by atoms with E-state index in [1.54, 1.807) is 12.2 Å². The summed E-state index contributed by atoms with van der Waals surface area (Å²) in [7, 11) is 0. The minimum absolute atomic E-state index is 0.0541. The van der Waals surface area contributed by atoms with Gasteiger partial charge in [0.1, 0.15) is 6.04 Å². The Morgan fingerprint density at radius 1 is 1.07 bits per heavy atom. The molecule has 0 radical (unpaired) electrons. The summed E-state index contributed by atoms with van der Waals surface area (Å²) in [6, 6.07) is 12.4. The molecule has 2 aromatic carbocycles. The number of rotatable bonds is 7. The third kappa shape index (κ3) is 6.62. The van der Waals surface area contributed by atoms with Crippen LogP contribution in [0.2, 0.25) is 0 Å². The van der Waals surface area contributed by atoms with Crippen molar-refractivity contribution < 1.29 is 27.9 Å². The average molecular weight is 377 g/mol. The van der Waals surface area contributed by atoms with Gasteiger partial charge in [0.05, 0.1) is 12.0 Å². The highest BCUT2D eigenvalue weighted by Gasteiger charge is 2.30. The predicted octanol–water partition coefficient (Wildman–Crippen LogP) is 3.92. The van der Waals surface area contributed by atoms with E-state index in [1.807, 2.05) is 30.3 Å². The fourth-order valence-electron chi connectivity index (χ4n) is 2.41. The normalized spacial score (nSPS) is 12.7. The lowest BCUT2D eigenvalue weighted by atomic mass is 10.1. The number of nitrogens with one attached hydrogen (secondary N) is 1. The van der Waals surface area contributed by atoms with Crippen molar-refractivity contribution in [1.82, 2.24) is 5.32 Å². The van der Waals surface area contributed by atoms with Crippen LogP contribution in [0.1, 0.15) is 23.1 Å². The van der Waals surface area contributed by atoms with Crippen molar-refractivity contribution in [3.63, 3.8) is 0 Å². The molecule has 0 saturated heterocycles. The number of hydrogen-bond acceptors (Lipinski definition) is 2. The number of carbonyl (C=O) groups is 2. The molecule has 2 N–H and O–H groups in total. The van der Waals surface area contributed by atoms with Crippen molar-refractivity contribution in [2.75, 3.05) is 0 Å². The average Bonchev–Trinajstić information content (AvgIpc) is 2.61. The van der Waals surface area contributed by atoms with Crippen LogP contribution in [0, 0.1) is 0 Å². The van der Waals surface area contributed by atoms with Gasteiger partial charge in [-0.3, -0.25) is 4.79 Å². The van der Waals surface area contributed by atoms with Crippen molar-refractivity contribution in [3.05, 3.63) is 77.4 Å². The molecular weight excluding hydrogens is 359 g/mol. The van der Waals surface area contributed by atoms with Crippen LogP contribution in [-0.2, 0) is 22.2 Å². The van der Waals surface area contributed by atoms with Gasteiger partial charge in [0.2, 0.25) is 5.91 Å². The Morgan fingerprint density at radius 3 is 2.41 bits per heavy atom. The highest BCUT2D eigenvalue weighted by Crippen LogP contribution is 2.29. The molecule has 1 atom stereocenters. The maximum Gasteiger partial charge on any atom is 0.416 e. The number of hydrogen-bond donors (Lipinski definition) is 2. The Labute approximate surface area is 154 Å². The van der Waals surface area contributed by atoms with Crippen LogP contribution >= 0.6 is 0 Å². The summed E-state index contributed by atoms with van der Waals surface area (Å²) in [6.45, 7) is 0. The first-order valence-electron chi connectivity index (χ1n) is 8.15. The van der Waals surface area contributed by atoms with Gasteiger partial charge in [0, 0.05) is 0 Å². The Balaban J connectivity index is 1.97. The monoisotopic (exact) mass is 377 g/mol. The van der Waals surface area contributed by atoms with Crippen LogP contribution in [0.5, 0.6) is 0 Å². The number of halogens is 3. The predicted molar refractivity (Wildman–Crippen MR) is 94.8 cm³/mol. The minimum Gasteiger partial charge on any atom is -0.480 e. The molecule has 142 valence electrons. The molecule has 4 nitrogen and oxygen atoms in total. The topological polar surface area (TPSA) is 66.4 Å². The van der Waals surface area contributed by atoms with Gasteiger partial charge in [-0.1, -0.05) is 60.7 Å². The molecule has 27 heavy (non-hydrogen) atoms. The zero-order valence-electron chi connectivity index (χ0n) is 14.2. The molecular formula is C20H18F3NO3. The summed E-state index contributed by atoms with van der Waals surface area (Å²) in [5.41, 5.74) is 0.191. The molecule has 0 heterocycles. The van der Waals surface area contributed by atoms with E-state index in [0.29, 0.717) is 0 Å². The molecule has 0 unspecified atom stereocenters.